The molecule has 3 rings (SSSR count). The number of anilines is 1. The first-order valence-corrected chi connectivity index (χ1v) is 8.24. The van der Waals surface area contributed by atoms with Crippen LogP contribution in [-0.2, 0) is 17.8 Å². The molecular formula is C19H20N4O3. The molecule has 0 radical (unpaired) electrons. The Kier molecular flexibility index (Phi) is 4.99. The molecule has 1 aliphatic heterocycles. The van der Waals surface area contributed by atoms with Gasteiger partial charge in [-0.2, -0.15) is 0 Å². The lowest BCUT2D eigenvalue weighted by Gasteiger charge is -2.27. The predicted molar refractivity (Wildman–Crippen MR) is 98.5 cm³/mol. The van der Waals surface area contributed by atoms with Crippen molar-refractivity contribution in [2.75, 3.05) is 18.4 Å². The maximum absolute atomic E-state index is 12.4. The number of nitrogens with one attached hydrogen (secondary N) is 2. The van der Waals surface area contributed by atoms with E-state index in [9.17, 15) is 9.59 Å². The van der Waals surface area contributed by atoms with Gasteiger partial charge in [0.05, 0.1) is 6.54 Å². The van der Waals surface area contributed by atoms with Gasteiger partial charge in [0.1, 0.15) is 5.84 Å². The molecule has 5 N–H and O–H groups in total. The van der Waals surface area contributed by atoms with Crippen LogP contribution in [0.4, 0.5) is 5.69 Å². The van der Waals surface area contributed by atoms with E-state index in [1.54, 1.807) is 24.3 Å². The van der Waals surface area contributed by atoms with E-state index in [-0.39, 0.29) is 18.3 Å². The highest BCUT2D eigenvalue weighted by Crippen LogP contribution is 2.23. The molecule has 0 saturated heterocycles. The Morgan fingerprint density at radius 3 is 2.46 bits per heavy atom. The molecule has 0 bridgehead atoms. The van der Waals surface area contributed by atoms with Crippen molar-refractivity contribution >= 4 is 23.4 Å². The first-order chi connectivity index (χ1) is 12.4. The van der Waals surface area contributed by atoms with Crippen LogP contribution in [-0.4, -0.2) is 40.8 Å². The van der Waals surface area contributed by atoms with Crippen LogP contribution >= 0.6 is 0 Å². The predicted octanol–water partition coefficient (Wildman–Crippen LogP) is 1.67. The Hall–Kier alpha value is -3.19. The van der Waals surface area contributed by atoms with Gasteiger partial charge in [0, 0.05) is 29.9 Å². The maximum Gasteiger partial charge on any atom is 0.317 e. The van der Waals surface area contributed by atoms with Crippen LogP contribution in [0.1, 0.15) is 27.0 Å². The van der Waals surface area contributed by atoms with Crippen molar-refractivity contribution in [3.8, 4) is 0 Å². The zero-order chi connectivity index (χ0) is 18.7. The zero-order valence-corrected chi connectivity index (χ0v) is 14.2. The van der Waals surface area contributed by atoms with Gasteiger partial charge in [-0.05, 0) is 41.8 Å². The molecule has 0 fully saturated rings. The van der Waals surface area contributed by atoms with E-state index in [0.29, 0.717) is 29.9 Å². The number of benzene rings is 2. The molecule has 1 heterocycles. The minimum absolute atomic E-state index is 0.0124. The van der Waals surface area contributed by atoms with E-state index in [4.69, 9.17) is 16.2 Å². The summed E-state index contributed by atoms with van der Waals surface area (Å²) >= 11 is 0. The number of amidine groups is 1. The van der Waals surface area contributed by atoms with Crippen LogP contribution in [0.15, 0.2) is 42.5 Å². The molecule has 134 valence electrons. The van der Waals surface area contributed by atoms with Crippen molar-refractivity contribution in [2.45, 2.75) is 13.0 Å². The lowest BCUT2D eigenvalue weighted by molar-refractivity contribution is -0.138. The third-order valence-corrected chi connectivity index (χ3v) is 4.37. The third-order valence-electron chi connectivity index (χ3n) is 4.37. The minimum atomic E-state index is -0.841. The van der Waals surface area contributed by atoms with Gasteiger partial charge in [-0.1, -0.05) is 18.2 Å². The largest absolute Gasteiger partial charge is 0.480 e. The van der Waals surface area contributed by atoms with Crippen molar-refractivity contribution in [3.05, 3.63) is 64.7 Å². The second-order valence-corrected chi connectivity index (χ2v) is 6.28. The average Bonchev–Trinajstić information content (AvgIpc) is 2.61. The van der Waals surface area contributed by atoms with Crippen LogP contribution in [0.5, 0.6) is 0 Å². The third kappa shape index (κ3) is 4.07. The molecule has 2 aromatic rings. The number of carbonyl (C=O) groups excluding carboxylic acids is 1. The Morgan fingerprint density at radius 1 is 1.12 bits per heavy atom. The van der Waals surface area contributed by atoms with Gasteiger partial charge < -0.3 is 16.2 Å². The van der Waals surface area contributed by atoms with Gasteiger partial charge in [0.2, 0.25) is 0 Å². The zero-order valence-electron chi connectivity index (χ0n) is 14.2. The number of nitrogen functional groups attached to an aromatic ring is 1. The Bertz CT molecular complexity index is 862. The van der Waals surface area contributed by atoms with Crippen molar-refractivity contribution in [1.82, 2.24) is 4.90 Å². The highest BCUT2D eigenvalue weighted by Gasteiger charge is 2.18. The van der Waals surface area contributed by atoms with Gasteiger partial charge in [-0.3, -0.25) is 19.9 Å². The van der Waals surface area contributed by atoms with E-state index < -0.39 is 5.97 Å². The van der Waals surface area contributed by atoms with Crippen molar-refractivity contribution in [2.24, 2.45) is 5.73 Å². The topological polar surface area (TPSA) is 120 Å². The quantitative estimate of drug-likeness (QED) is 0.482. The summed E-state index contributed by atoms with van der Waals surface area (Å²) in [4.78, 5) is 25.2. The second kappa shape index (κ2) is 7.37. The molecule has 7 nitrogen and oxygen atoms in total. The SMILES string of the molecule is N=C(N)c1ccc(C(=O)Nc2ccc3c(c2)CN(CC(=O)O)CC3)cc1. The van der Waals surface area contributed by atoms with E-state index >= 15 is 0 Å². The van der Waals surface area contributed by atoms with Crippen LogP contribution < -0.4 is 11.1 Å². The number of carboxylic acids is 1. The molecule has 7 heteroatoms. The molecule has 1 aliphatic rings. The summed E-state index contributed by atoms with van der Waals surface area (Å²) < 4.78 is 0. The van der Waals surface area contributed by atoms with Gasteiger partial charge in [0.25, 0.3) is 5.91 Å². The maximum atomic E-state index is 12.4. The number of amides is 1. The molecule has 0 atom stereocenters. The fraction of sp³-hybridized carbons (Fsp3) is 0.211. The highest BCUT2D eigenvalue weighted by molar-refractivity contribution is 6.05. The van der Waals surface area contributed by atoms with Crippen molar-refractivity contribution in [1.29, 1.82) is 5.41 Å². The van der Waals surface area contributed by atoms with E-state index in [0.717, 1.165) is 12.0 Å². The normalized spacial score (nSPS) is 13.7. The first kappa shape index (κ1) is 17.6. The molecule has 2 aromatic carbocycles. The Balaban J connectivity index is 1.71. The summed E-state index contributed by atoms with van der Waals surface area (Å²) in [5, 5.41) is 19.2. The lowest BCUT2D eigenvalue weighted by atomic mass is 9.99. The number of aliphatic carboxylic acids is 1. The molecule has 0 aromatic heterocycles. The molecule has 0 aliphatic carbocycles. The summed E-state index contributed by atoms with van der Waals surface area (Å²) in [6.07, 6.45) is 0.795. The number of rotatable bonds is 5. The summed E-state index contributed by atoms with van der Waals surface area (Å²) in [6, 6.07) is 12.2. The summed E-state index contributed by atoms with van der Waals surface area (Å²) in [5.41, 5.74) is 9.32. The van der Waals surface area contributed by atoms with E-state index in [1.165, 1.54) is 5.56 Å². The fourth-order valence-electron chi connectivity index (χ4n) is 3.02. The monoisotopic (exact) mass is 352 g/mol. The lowest BCUT2D eigenvalue weighted by Crippen LogP contribution is -2.34. The Morgan fingerprint density at radius 2 is 1.81 bits per heavy atom. The van der Waals surface area contributed by atoms with Crippen LogP contribution in [0.3, 0.4) is 0 Å². The van der Waals surface area contributed by atoms with Gasteiger partial charge in [-0.25, -0.2) is 0 Å². The number of hydrogen-bond donors (Lipinski definition) is 4. The molecule has 0 saturated carbocycles. The van der Waals surface area contributed by atoms with Gasteiger partial charge >= 0.3 is 5.97 Å². The number of nitrogens with zero attached hydrogens (tertiary/aromatic N) is 1. The van der Waals surface area contributed by atoms with Crippen LogP contribution in [0.2, 0.25) is 0 Å². The number of fused-ring (bicyclic) bond motifs is 1. The summed E-state index contributed by atoms with van der Waals surface area (Å²) in [7, 11) is 0. The molecule has 0 unspecified atom stereocenters. The highest BCUT2D eigenvalue weighted by atomic mass is 16.4. The number of carboxylic acid groups (broad SMARTS) is 1. The van der Waals surface area contributed by atoms with Gasteiger partial charge in [-0.15, -0.1) is 0 Å². The smallest absolute Gasteiger partial charge is 0.317 e. The minimum Gasteiger partial charge on any atom is -0.480 e. The van der Waals surface area contributed by atoms with Crippen LogP contribution in [0, 0.1) is 5.41 Å². The van der Waals surface area contributed by atoms with Crippen LogP contribution in [0.25, 0.3) is 0 Å². The fourth-order valence-corrected chi connectivity index (χ4v) is 3.02. The molecule has 26 heavy (non-hydrogen) atoms. The number of carbonyl (C=O) groups is 2. The van der Waals surface area contributed by atoms with Gasteiger partial charge in [0.15, 0.2) is 0 Å². The van der Waals surface area contributed by atoms with E-state index in [2.05, 4.69) is 5.32 Å². The molecular weight excluding hydrogens is 332 g/mol. The Labute approximate surface area is 150 Å². The number of nitrogens with two attached hydrogens (primary N) is 1. The van der Waals surface area contributed by atoms with Crippen molar-refractivity contribution in [3.63, 3.8) is 0 Å². The van der Waals surface area contributed by atoms with Crippen molar-refractivity contribution < 1.29 is 14.7 Å². The first-order valence-electron chi connectivity index (χ1n) is 8.24. The molecule has 0 spiro atoms. The summed E-state index contributed by atoms with van der Waals surface area (Å²) in [5.74, 6) is -1.14. The number of hydrogen-bond acceptors (Lipinski definition) is 4. The summed E-state index contributed by atoms with van der Waals surface area (Å²) in [6.45, 7) is 1.28. The van der Waals surface area contributed by atoms with E-state index in [1.807, 2.05) is 23.1 Å². The molecule has 1 amide bonds. The average molecular weight is 352 g/mol. The standard InChI is InChI=1S/C19H20N4O3/c20-18(21)13-1-3-14(4-2-13)19(26)22-16-6-5-12-7-8-23(11-17(24)25)10-15(12)9-16/h1-6,9H,7-8,10-11H2,(H3,20,21)(H,22,26)(H,24,25). The second-order valence-electron chi connectivity index (χ2n) is 6.28.